The Hall–Kier alpha value is -1.70. The number of carboxylic acids is 1. The summed E-state index contributed by atoms with van der Waals surface area (Å²) in [5, 5.41) is 12.5. The van der Waals surface area contributed by atoms with E-state index < -0.39 is 23.2 Å². The Labute approximate surface area is 175 Å². The zero-order valence-corrected chi connectivity index (χ0v) is 19.2. The summed E-state index contributed by atoms with van der Waals surface area (Å²) in [7, 11) is 0. The molecule has 158 valence electrons. The molecular weight excluding hydrogens is 426 g/mol. The molecule has 0 bridgehead atoms. The van der Waals surface area contributed by atoms with E-state index in [-0.39, 0.29) is 11.8 Å². The van der Waals surface area contributed by atoms with E-state index in [1.807, 2.05) is 20.8 Å². The number of aliphatic carboxylic acids is 1. The average Bonchev–Trinajstić information content (AvgIpc) is 2.57. The average molecular weight is 458 g/mol. The van der Waals surface area contributed by atoms with Crippen LogP contribution in [0.15, 0.2) is 16.9 Å². The number of hydrogen-bond acceptors (Lipinski definition) is 5. The molecule has 1 aromatic rings. The largest absolute Gasteiger partial charge is 0.480 e. The first-order chi connectivity index (χ1) is 12.9. The third-order valence-corrected chi connectivity index (χ3v) is 5.16. The van der Waals surface area contributed by atoms with E-state index in [1.54, 1.807) is 33.2 Å². The summed E-state index contributed by atoms with van der Waals surface area (Å²) in [5.41, 5.74) is -2.05. The van der Waals surface area contributed by atoms with Crippen LogP contribution in [-0.4, -0.2) is 38.3 Å². The van der Waals surface area contributed by atoms with Crippen LogP contribution in [0.3, 0.4) is 0 Å². The summed E-state index contributed by atoms with van der Waals surface area (Å²) in [4.78, 5) is 33.0. The lowest BCUT2D eigenvalue weighted by molar-refractivity contribution is -0.145. The zero-order chi connectivity index (χ0) is 21.5. The minimum Gasteiger partial charge on any atom is -0.480 e. The summed E-state index contributed by atoms with van der Waals surface area (Å²) < 4.78 is 6.10. The first-order valence-corrected chi connectivity index (χ1v) is 10.4. The topological polar surface area (TPSA) is 101 Å². The highest BCUT2D eigenvalue weighted by atomic mass is 79.9. The molecule has 8 heteroatoms. The van der Waals surface area contributed by atoms with Gasteiger partial charge in [-0.15, -0.1) is 0 Å². The van der Waals surface area contributed by atoms with Gasteiger partial charge >= 0.3 is 12.1 Å². The normalized spacial score (nSPS) is 16.0. The van der Waals surface area contributed by atoms with E-state index in [4.69, 9.17) is 4.74 Å². The molecule has 1 amide bonds. The van der Waals surface area contributed by atoms with Crippen LogP contribution < -0.4 is 5.32 Å². The van der Waals surface area contributed by atoms with Crippen LogP contribution in [0.1, 0.15) is 79.0 Å². The smallest absolute Gasteiger partial charge is 0.408 e. The van der Waals surface area contributed by atoms with Crippen molar-refractivity contribution in [1.82, 2.24) is 15.3 Å². The number of rotatable bonds is 9. The Morgan fingerprint density at radius 2 is 1.79 bits per heavy atom. The van der Waals surface area contributed by atoms with Gasteiger partial charge in [0.2, 0.25) is 0 Å². The van der Waals surface area contributed by atoms with Crippen molar-refractivity contribution in [1.29, 1.82) is 0 Å². The molecule has 28 heavy (non-hydrogen) atoms. The van der Waals surface area contributed by atoms with Gasteiger partial charge in [-0.05, 0) is 61.9 Å². The Kier molecular flexibility index (Phi) is 8.85. The molecule has 0 saturated carbocycles. The molecule has 1 rings (SSSR count). The van der Waals surface area contributed by atoms with Gasteiger partial charge in [0, 0.05) is 18.3 Å². The van der Waals surface area contributed by atoms with Gasteiger partial charge in [-0.25, -0.2) is 19.6 Å². The van der Waals surface area contributed by atoms with Crippen molar-refractivity contribution in [2.24, 2.45) is 5.92 Å². The van der Waals surface area contributed by atoms with Gasteiger partial charge < -0.3 is 15.2 Å². The summed E-state index contributed by atoms with van der Waals surface area (Å²) in [5.74, 6) is -0.132. The van der Waals surface area contributed by atoms with E-state index in [0.29, 0.717) is 31.5 Å². The Morgan fingerprint density at radius 3 is 2.25 bits per heavy atom. The molecule has 0 aliphatic heterocycles. The van der Waals surface area contributed by atoms with Gasteiger partial charge in [-0.1, -0.05) is 27.2 Å². The Morgan fingerprint density at radius 1 is 1.21 bits per heavy atom. The Bertz CT molecular complexity index is 660. The van der Waals surface area contributed by atoms with Crippen molar-refractivity contribution in [2.45, 2.75) is 84.3 Å². The summed E-state index contributed by atoms with van der Waals surface area (Å²) in [6.45, 7) is 11.2. The van der Waals surface area contributed by atoms with E-state index in [2.05, 4.69) is 31.2 Å². The third kappa shape index (κ3) is 7.37. The number of amides is 1. The fourth-order valence-electron chi connectivity index (χ4n) is 2.98. The third-order valence-electron chi connectivity index (χ3n) is 4.75. The lowest BCUT2D eigenvalue weighted by Gasteiger charge is -2.33. The maximum atomic E-state index is 12.3. The second kappa shape index (κ2) is 10.2. The number of ether oxygens (including phenoxy) is 1. The number of aromatic nitrogens is 2. The molecule has 7 nitrogen and oxygen atoms in total. The van der Waals surface area contributed by atoms with Crippen molar-refractivity contribution in [3.05, 3.63) is 22.7 Å². The predicted octanol–water partition coefficient (Wildman–Crippen LogP) is 4.91. The van der Waals surface area contributed by atoms with Crippen LogP contribution in [0.25, 0.3) is 0 Å². The van der Waals surface area contributed by atoms with Gasteiger partial charge in [0.15, 0.2) is 0 Å². The SMILES string of the molecule is CCCC(CCC(C)C(C)c1ncc(Br)cn1)(NC(=O)OC(C)(C)C)C(=O)O. The molecule has 0 radical (unpaired) electrons. The second-order valence-corrected chi connectivity index (χ2v) is 9.24. The van der Waals surface area contributed by atoms with E-state index in [9.17, 15) is 14.7 Å². The number of carbonyl (C=O) groups excluding carboxylic acids is 1. The number of carboxylic acid groups (broad SMARTS) is 1. The van der Waals surface area contributed by atoms with Crippen molar-refractivity contribution in [2.75, 3.05) is 0 Å². The maximum absolute atomic E-state index is 12.3. The summed E-state index contributed by atoms with van der Waals surface area (Å²) in [6.07, 6.45) is 4.56. The van der Waals surface area contributed by atoms with Crippen LogP contribution in [0.5, 0.6) is 0 Å². The molecule has 0 fully saturated rings. The van der Waals surface area contributed by atoms with Crippen molar-refractivity contribution < 1.29 is 19.4 Å². The van der Waals surface area contributed by atoms with Gasteiger partial charge in [-0.2, -0.15) is 0 Å². The van der Waals surface area contributed by atoms with E-state index in [0.717, 1.165) is 4.47 Å². The summed E-state index contributed by atoms with van der Waals surface area (Å²) in [6, 6.07) is 0. The number of hydrogen-bond donors (Lipinski definition) is 2. The van der Waals surface area contributed by atoms with Crippen LogP contribution >= 0.6 is 15.9 Å². The number of halogens is 1. The van der Waals surface area contributed by atoms with E-state index in [1.165, 1.54) is 0 Å². The molecule has 2 N–H and O–H groups in total. The number of alkyl carbamates (subject to hydrolysis) is 1. The van der Waals surface area contributed by atoms with Gasteiger partial charge in [-0.3, -0.25) is 0 Å². The minimum atomic E-state index is -1.36. The van der Waals surface area contributed by atoms with Crippen LogP contribution in [0.2, 0.25) is 0 Å². The van der Waals surface area contributed by atoms with Crippen LogP contribution in [-0.2, 0) is 9.53 Å². The molecule has 1 aromatic heterocycles. The molecule has 0 aliphatic rings. The number of nitrogens with one attached hydrogen (secondary N) is 1. The van der Waals surface area contributed by atoms with E-state index >= 15 is 0 Å². The molecular formula is C20H32BrN3O4. The minimum absolute atomic E-state index is 0.0581. The molecule has 0 aliphatic carbocycles. The first kappa shape index (κ1) is 24.3. The summed E-state index contributed by atoms with van der Waals surface area (Å²) >= 11 is 3.32. The highest BCUT2D eigenvalue weighted by molar-refractivity contribution is 9.10. The molecule has 3 atom stereocenters. The number of nitrogens with zero attached hydrogens (tertiary/aromatic N) is 2. The lowest BCUT2D eigenvalue weighted by atomic mass is 9.82. The lowest BCUT2D eigenvalue weighted by Crippen LogP contribution is -2.55. The van der Waals surface area contributed by atoms with Gasteiger partial charge in [0.1, 0.15) is 17.0 Å². The fraction of sp³-hybridized carbons (Fsp3) is 0.700. The second-order valence-electron chi connectivity index (χ2n) is 8.33. The quantitative estimate of drug-likeness (QED) is 0.546. The zero-order valence-electron chi connectivity index (χ0n) is 17.6. The molecule has 1 heterocycles. The monoisotopic (exact) mass is 457 g/mol. The molecule has 0 spiro atoms. The first-order valence-electron chi connectivity index (χ1n) is 9.62. The van der Waals surface area contributed by atoms with Crippen LogP contribution in [0.4, 0.5) is 4.79 Å². The van der Waals surface area contributed by atoms with Crippen molar-refractivity contribution in [3.63, 3.8) is 0 Å². The standard InChI is InChI=1S/C20H32BrN3O4/c1-7-9-20(17(25)26,24-18(27)28-19(4,5)6)10-8-13(2)14(3)16-22-11-15(21)12-23-16/h11-14H,7-10H2,1-6H3,(H,24,27)(H,25,26). The molecule has 3 unspecified atom stereocenters. The number of carbonyl (C=O) groups is 2. The maximum Gasteiger partial charge on any atom is 0.408 e. The van der Waals surface area contributed by atoms with Gasteiger partial charge in [0.05, 0.1) is 4.47 Å². The highest BCUT2D eigenvalue weighted by Crippen LogP contribution is 2.30. The van der Waals surface area contributed by atoms with Crippen molar-refractivity contribution >= 4 is 28.0 Å². The fourth-order valence-corrected chi connectivity index (χ4v) is 3.18. The highest BCUT2D eigenvalue weighted by Gasteiger charge is 2.40. The molecule has 0 aromatic carbocycles. The van der Waals surface area contributed by atoms with Crippen molar-refractivity contribution in [3.8, 4) is 0 Å². The van der Waals surface area contributed by atoms with Gasteiger partial charge in [0.25, 0.3) is 0 Å². The van der Waals surface area contributed by atoms with Crippen LogP contribution in [0, 0.1) is 5.92 Å². The predicted molar refractivity (Wildman–Crippen MR) is 111 cm³/mol. The Balaban J connectivity index is 2.89. The molecule has 0 saturated heterocycles.